The number of hydrogen-bond donors (Lipinski definition) is 1. The minimum atomic E-state index is 0.776. The molecule has 1 aromatic carbocycles. The lowest BCUT2D eigenvalue weighted by Crippen LogP contribution is -1.88. The Balaban J connectivity index is 2.95. The first-order valence-electron chi connectivity index (χ1n) is 3.39. The molecule has 0 bridgehead atoms. The first-order valence-corrected chi connectivity index (χ1v) is 4.18. The van der Waals surface area contributed by atoms with E-state index in [0.29, 0.717) is 0 Å². The van der Waals surface area contributed by atoms with Gasteiger partial charge in [0.05, 0.1) is 0 Å². The van der Waals surface area contributed by atoms with Crippen molar-refractivity contribution >= 4 is 21.6 Å². The van der Waals surface area contributed by atoms with Crippen molar-refractivity contribution < 1.29 is 0 Å². The van der Waals surface area contributed by atoms with Gasteiger partial charge in [0.1, 0.15) is 0 Å². The van der Waals surface area contributed by atoms with Gasteiger partial charge in [0.15, 0.2) is 0 Å². The van der Waals surface area contributed by atoms with Crippen LogP contribution < -0.4 is 5.73 Å². The molecule has 2 N–H and O–H groups in total. The third kappa shape index (κ3) is 2.09. The van der Waals surface area contributed by atoms with E-state index in [1.807, 2.05) is 24.3 Å². The average molecular weight is 212 g/mol. The van der Waals surface area contributed by atoms with Gasteiger partial charge < -0.3 is 5.73 Å². The van der Waals surface area contributed by atoms with Crippen molar-refractivity contribution in [2.75, 3.05) is 5.73 Å². The Kier molecular flexibility index (Phi) is 2.71. The number of rotatable bonds is 2. The Morgan fingerprint density at radius 2 is 2.27 bits per heavy atom. The molecule has 0 aliphatic heterocycles. The summed E-state index contributed by atoms with van der Waals surface area (Å²) in [6.07, 6.45) is 2.76. The van der Waals surface area contributed by atoms with Gasteiger partial charge in [0.2, 0.25) is 0 Å². The minimum Gasteiger partial charge on any atom is -0.398 e. The SMILES string of the molecule is C=CCc1ccc(N)c(Br)c1. The zero-order valence-corrected chi connectivity index (χ0v) is 7.76. The van der Waals surface area contributed by atoms with Crippen LogP contribution in [0.4, 0.5) is 5.69 Å². The molecule has 58 valence electrons. The van der Waals surface area contributed by atoms with E-state index in [2.05, 4.69) is 22.5 Å². The van der Waals surface area contributed by atoms with Gasteiger partial charge in [-0.15, -0.1) is 6.58 Å². The second-order valence-electron chi connectivity index (χ2n) is 2.35. The van der Waals surface area contributed by atoms with Crippen LogP contribution in [0.5, 0.6) is 0 Å². The predicted molar refractivity (Wildman–Crippen MR) is 52.5 cm³/mol. The Hall–Kier alpha value is -0.760. The molecule has 0 aliphatic rings. The maximum atomic E-state index is 5.61. The molecule has 1 aromatic rings. The molecule has 0 aromatic heterocycles. The summed E-state index contributed by atoms with van der Waals surface area (Å²) in [6, 6.07) is 5.90. The van der Waals surface area contributed by atoms with Gasteiger partial charge in [-0.05, 0) is 40.0 Å². The Bertz CT molecular complexity index is 268. The van der Waals surface area contributed by atoms with Crippen LogP contribution >= 0.6 is 15.9 Å². The third-order valence-electron chi connectivity index (χ3n) is 1.44. The fourth-order valence-electron chi connectivity index (χ4n) is 0.864. The Morgan fingerprint density at radius 1 is 1.55 bits per heavy atom. The monoisotopic (exact) mass is 211 g/mol. The van der Waals surface area contributed by atoms with Gasteiger partial charge >= 0.3 is 0 Å². The Labute approximate surface area is 75.0 Å². The lowest BCUT2D eigenvalue weighted by Gasteiger charge is -2.00. The summed E-state index contributed by atoms with van der Waals surface area (Å²) >= 11 is 3.36. The van der Waals surface area contributed by atoms with Gasteiger partial charge in [0, 0.05) is 10.2 Å². The van der Waals surface area contributed by atoms with Crippen LogP contribution in [0.15, 0.2) is 35.3 Å². The number of benzene rings is 1. The second-order valence-corrected chi connectivity index (χ2v) is 3.20. The van der Waals surface area contributed by atoms with Crippen LogP contribution in [-0.4, -0.2) is 0 Å². The first kappa shape index (κ1) is 8.34. The molecule has 0 fully saturated rings. The largest absolute Gasteiger partial charge is 0.398 e. The maximum absolute atomic E-state index is 5.61. The highest BCUT2D eigenvalue weighted by Gasteiger charge is 1.95. The molecule has 0 saturated carbocycles. The maximum Gasteiger partial charge on any atom is 0.0458 e. The molecule has 1 rings (SSSR count). The van der Waals surface area contributed by atoms with Gasteiger partial charge in [-0.25, -0.2) is 0 Å². The standard InChI is InChI=1S/C9H10BrN/c1-2-3-7-4-5-9(11)8(10)6-7/h2,4-6H,1,3,11H2. The fraction of sp³-hybridized carbons (Fsp3) is 0.111. The number of anilines is 1. The highest BCUT2D eigenvalue weighted by atomic mass is 79.9. The predicted octanol–water partition coefficient (Wildman–Crippen LogP) is 2.76. The van der Waals surface area contributed by atoms with Crippen LogP contribution in [0.25, 0.3) is 0 Å². The highest BCUT2D eigenvalue weighted by Crippen LogP contribution is 2.20. The molecule has 0 saturated heterocycles. The molecular weight excluding hydrogens is 202 g/mol. The van der Waals surface area contributed by atoms with Crippen LogP contribution in [0.2, 0.25) is 0 Å². The van der Waals surface area contributed by atoms with Gasteiger partial charge in [0.25, 0.3) is 0 Å². The van der Waals surface area contributed by atoms with Crippen molar-refractivity contribution in [3.05, 3.63) is 40.9 Å². The quantitative estimate of drug-likeness (QED) is 0.592. The van der Waals surface area contributed by atoms with Crippen molar-refractivity contribution in [1.29, 1.82) is 0 Å². The van der Waals surface area contributed by atoms with Crippen LogP contribution in [0.1, 0.15) is 5.56 Å². The first-order chi connectivity index (χ1) is 5.24. The normalized spacial score (nSPS) is 9.55. The van der Waals surface area contributed by atoms with Crippen LogP contribution in [0.3, 0.4) is 0 Å². The molecule has 0 unspecified atom stereocenters. The molecule has 1 nitrogen and oxygen atoms in total. The zero-order valence-electron chi connectivity index (χ0n) is 6.18. The topological polar surface area (TPSA) is 26.0 Å². The van der Waals surface area contributed by atoms with Crippen LogP contribution in [-0.2, 0) is 6.42 Å². The number of hydrogen-bond acceptors (Lipinski definition) is 1. The summed E-state index contributed by atoms with van der Waals surface area (Å²) in [7, 11) is 0. The molecule has 2 heteroatoms. The van der Waals surface area contributed by atoms with Crippen molar-refractivity contribution in [2.24, 2.45) is 0 Å². The number of nitrogens with two attached hydrogens (primary N) is 1. The summed E-state index contributed by atoms with van der Waals surface area (Å²) < 4.78 is 0.955. The third-order valence-corrected chi connectivity index (χ3v) is 2.13. The number of nitrogen functional groups attached to an aromatic ring is 1. The lowest BCUT2D eigenvalue weighted by atomic mass is 10.1. The van der Waals surface area contributed by atoms with E-state index in [1.165, 1.54) is 5.56 Å². The molecule has 0 radical (unpaired) electrons. The van der Waals surface area contributed by atoms with Crippen molar-refractivity contribution in [3.8, 4) is 0 Å². The molecule has 0 atom stereocenters. The summed E-state index contributed by atoms with van der Waals surface area (Å²) in [5.41, 5.74) is 7.61. The fourth-order valence-corrected chi connectivity index (χ4v) is 1.29. The van der Waals surface area contributed by atoms with Crippen molar-refractivity contribution in [2.45, 2.75) is 6.42 Å². The molecule has 0 heterocycles. The highest BCUT2D eigenvalue weighted by molar-refractivity contribution is 9.10. The molecule has 0 aliphatic carbocycles. The van der Waals surface area contributed by atoms with E-state index >= 15 is 0 Å². The van der Waals surface area contributed by atoms with E-state index < -0.39 is 0 Å². The van der Waals surface area contributed by atoms with Gasteiger partial charge in [-0.2, -0.15) is 0 Å². The van der Waals surface area contributed by atoms with Crippen LogP contribution in [0, 0.1) is 0 Å². The van der Waals surface area contributed by atoms with E-state index in [4.69, 9.17) is 5.73 Å². The van der Waals surface area contributed by atoms with Crippen molar-refractivity contribution in [3.63, 3.8) is 0 Å². The van der Waals surface area contributed by atoms with E-state index in [9.17, 15) is 0 Å². The van der Waals surface area contributed by atoms with Gasteiger partial charge in [-0.1, -0.05) is 12.1 Å². The number of allylic oxidation sites excluding steroid dienone is 1. The van der Waals surface area contributed by atoms with E-state index in [0.717, 1.165) is 16.6 Å². The summed E-state index contributed by atoms with van der Waals surface area (Å²) in [4.78, 5) is 0. The summed E-state index contributed by atoms with van der Waals surface area (Å²) in [5, 5.41) is 0. The van der Waals surface area contributed by atoms with E-state index in [-0.39, 0.29) is 0 Å². The Morgan fingerprint density at radius 3 is 2.82 bits per heavy atom. The van der Waals surface area contributed by atoms with E-state index in [1.54, 1.807) is 0 Å². The minimum absolute atomic E-state index is 0.776. The summed E-state index contributed by atoms with van der Waals surface area (Å²) in [5.74, 6) is 0. The number of halogens is 1. The second kappa shape index (κ2) is 3.58. The summed E-state index contributed by atoms with van der Waals surface area (Å²) in [6.45, 7) is 3.66. The zero-order chi connectivity index (χ0) is 8.27. The molecular formula is C9H10BrN. The molecule has 0 amide bonds. The van der Waals surface area contributed by atoms with Gasteiger partial charge in [-0.3, -0.25) is 0 Å². The van der Waals surface area contributed by atoms with Crippen molar-refractivity contribution in [1.82, 2.24) is 0 Å². The lowest BCUT2D eigenvalue weighted by molar-refractivity contribution is 1.27. The smallest absolute Gasteiger partial charge is 0.0458 e. The average Bonchev–Trinajstić information content (AvgIpc) is 1.98. The molecule has 11 heavy (non-hydrogen) atoms. The molecule has 0 spiro atoms.